The number of benzene rings is 2. The molecular formula is C25H25ClN4O. The first-order valence-corrected chi connectivity index (χ1v) is 11.1. The normalized spacial score (nSPS) is 17.4. The number of nitrogens with zero attached hydrogens (tertiary/aromatic N) is 4. The van der Waals surface area contributed by atoms with Gasteiger partial charge >= 0.3 is 0 Å². The summed E-state index contributed by atoms with van der Waals surface area (Å²) in [5.74, 6) is 1.12. The van der Waals surface area contributed by atoms with Gasteiger partial charge in [-0.1, -0.05) is 35.9 Å². The van der Waals surface area contributed by atoms with Crippen molar-refractivity contribution in [2.24, 2.45) is 7.05 Å². The van der Waals surface area contributed by atoms with Crippen LogP contribution in [0, 0.1) is 0 Å². The molecule has 1 saturated heterocycles. The molecule has 3 heterocycles. The summed E-state index contributed by atoms with van der Waals surface area (Å²) in [5, 5.41) is 0.697. The first kappa shape index (κ1) is 19.9. The van der Waals surface area contributed by atoms with Crippen LogP contribution in [0.4, 0.5) is 0 Å². The van der Waals surface area contributed by atoms with Crippen molar-refractivity contribution in [1.82, 2.24) is 19.0 Å². The number of para-hydroxylation sites is 2. The van der Waals surface area contributed by atoms with Crippen molar-refractivity contribution in [3.05, 3.63) is 89.5 Å². The van der Waals surface area contributed by atoms with Crippen LogP contribution in [0.3, 0.4) is 0 Å². The summed E-state index contributed by atoms with van der Waals surface area (Å²) in [6.07, 6.45) is 6.36. The molecule has 2 aromatic carbocycles. The minimum Gasteiger partial charge on any atom is -0.346 e. The summed E-state index contributed by atoms with van der Waals surface area (Å²) in [6.45, 7) is 0.770. The monoisotopic (exact) mass is 432 g/mol. The third kappa shape index (κ3) is 3.74. The molecule has 6 heteroatoms. The van der Waals surface area contributed by atoms with E-state index in [0.29, 0.717) is 11.4 Å². The van der Waals surface area contributed by atoms with Crippen LogP contribution in [0.1, 0.15) is 42.7 Å². The van der Waals surface area contributed by atoms with Crippen molar-refractivity contribution in [3.8, 4) is 0 Å². The Hall–Kier alpha value is -3.05. The molecule has 2 aromatic heterocycles. The Morgan fingerprint density at radius 1 is 1.10 bits per heavy atom. The number of fused-ring (bicyclic) bond motifs is 1. The second-order valence-corrected chi connectivity index (χ2v) is 8.60. The van der Waals surface area contributed by atoms with Gasteiger partial charge in [-0.3, -0.25) is 4.79 Å². The average molecular weight is 433 g/mol. The molecule has 158 valence electrons. The molecule has 5 nitrogen and oxygen atoms in total. The highest BCUT2D eigenvalue weighted by Gasteiger charge is 2.34. The Morgan fingerprint density at radius 3 is 2.58 bits per heavy atom. The van der Waals surface area contributed by atoms with E-state index in [9.17, 15) is 4.79 Å². The molecule has 1 amide bonds. The summed E-state index contributed by atoms with van der Waals surface area (Å²) in [4.78, 5) is 20.4. The lowest BCUT2D eigenvalue weighted by Gasteiger charge is -2.27. The van der Waals surface area contributed by atoms with Gasteiger partial charge < -0.3 is 14.0 Å². The molecule has 1 aliphatic rings. The number of carbonyl (C=O) groups is 1. The van der Waals surface area contributed by atoms with E-state index in [2.05, 4.69) is 15.2 Å². The summed E-state index contributed by atoms with van der Waals surface area (Å²) >= 11 is 6.09. The van der Waals surface area contributed by atoms with E-state index >= 15 is 0 Å². The van der Waals surface area contributed by atoms with Crippen molar-refractivity contribution >= 4 is 28.5 Å². The number of aromatic nitrogens is 3. The number of hydrogen-bond acceptors (Lipinski definition) is 2. The lowest BCUT2D eigenvalue weighted by Crippen LogP contribution is -2.33. The maximum atomic E-state index is 13.6. The van der Waals surface area contributed by atoms with Crippen LogP contribution < -0.4 is 0 Å². The maximum absolute atomic E-state index is 13.6. The van der Waals surface area contributed by atoms with Crippen molar-refractivity contribution in [2.75, 3.05) is 6.54 Å². The maximum Gasteiger partial charge on any atom is 0.225 e. The molecule has 0 N–H and O–H groups in total. The minimum absolute atomic E-state index is 0.0143. The zero-order chi connectivity index (χ0) is 21.4. The van der Waals surface area contributed by atoms with E-state index in [1.807, 2.05) is 78.9 Å². The summed E-state index contributed by atoms with van der Waals surface area (Å²) < 4.78 is 4.23. The molecule has 4 aromatic rings. The van der Waals surface area contributed by atoms with Gasteiger partial charge in [-0.2, -0.15) is 0 Å². The average Bonchev–Trinajstić information content (AvgIpc) is 3.53. The van der Waals surface area contributed by atoms with E-state index in [4.69, 9.17) is 16.6 Å². The number of rotatable bonds is 5. The number of hydrogen-bond donors (Lipinski definition) is 0. The first-order chi connectivity index (χ1) is 15.1. The fourth-order valence-corrected chi connectivity index (χ4v) is 4.84. The van der Waals surface area contributed by atoms with Crippen LogP contribution in [-0.4, -0.2) is 31.5 Å². The molecule has 0 radical (unpaired) electrons. The van der Waals surface area contributed by atoms with Crippen molar-refractivity contribution in [2.45, 2.75) is 31.3 Å². The van der Waals surface area contributed by atoms with Crippen LogP contribution >= 0.6 is 11.6 Å². The Bertz CT molecular complexity index is 1200. The van der Waals surface area contributed by atoms with Crippen LogP contribution in [0.2, 0.25) is 5.02 Å². The van der Waals surface area contributed by atoms with Gasteiger partial charge in [0, 0.05) is 31.0 Å². The molecule has 1 fully saturated rings. The quantitative estimate of drug-likeness (QED) is 0.425. The first-order valence-electron chi connectivity index (χ1n) is 10.7. The number of likely N-dealkylation sites (tertiary alicyclic amines) is 1. The van der Waals surface area contributed by atoms with Gasteiger partial charge in [-0.25, -0.2) is 4.98 Å². The van der Waals surface area contributed by atoms with E-state index < -0.39 is 0 Å². The second kappa shape index (κ2) is 8.23. The highest BCUT2D eigenvalue weighted by atomic mass is 35.5. The van der Waals surface area contributed by atoms with Crippen molar-refractivity contribution in [1.29, 1.82) is 0 Å². The molecule has 5 rings (SSSR count). The van der Waals surface area contributed by atoms with Gasteiger partial charge in [0.25, 0.3) is 0 Å². The van der Waals surface area contributed by atoms with Gasteiger partial charge in [0.15, 0.2) is 0 Å². The molecule has 31 heavy (non-hydrogen) atoms. The third-order valence-corrected chi connectivity index (χ3v) is 6.56. The molecule has 0 bridgehead atoms. The van der Waals surface area contributed by atoms with E-state index in [1.54, 1.807) is 0 Å². The number of aryl methyl sites for hydroxylation is 1. The smallest absolute Gasteiger partial charge is 0.225 e. The lowest BCUT2D eigenvalue weighted by molar-refractivity contribution is -0.132. The fourth-order valence-electron chi connectivity index (χ4n) is 4.71. The standard InChI is InChI=1S/C25H25ClN4O/c1-28-21-8-3-2-7-20(21)27-25(28)22-9-6-16-30(22)24(31)17-23(29-14-4-5-15-29)18-10-12-19(26)13-11-18/h2-5,7-8,10-15,22-23H,6,9,16-17H2,1H3. The summed E-state index contributed by atoms with van der Waals surface area (Å²) in [7, 11) is 2.04. The third-order valence-electron chi connectivity index (χ3n) is 6.30. The Kier molecular flexibility index (Phi) is 5.28. The van der Waals surface area contributed by atoms with Gasteiger partial charge in [0.1, 0.15) is 5.82 Å². The zero-order valence-electron chi connectivity index (χ0n) is 17.5. The molecular weight excluding hydrogens is 408 g/mol. The SMILES string of the molecule is Cn1c(C2CCCN2C(=O)CC(c2ccc(Cl)cc2)n2cccc2)nc2ccccc21. The van der Waals surface area contributed by atoms with E-state index in [-0.39, 0.29) is 18.0 Å². The van der Waals surface area contributed by atoms with Crippen LogP contribution in [-0.2, 0) is 11.8 Å². The fraction of sp³-hybridized carbons (Fsp3) is 0.280. The Labute approximate surface area is 186 Å². The van der Waals surface area contributed by atoms with Gasteiger partial charge in [-0.05, 0) is 54.8 Å². The highest BCUT2D eigenvalue weighted by Crippen LogP contribution is 2.35. The second-order valence-electron chi connectivity index (χ2n) is 8.16. The summed E-state index contributed by atoms with van der Waals surface area (Å²) in [5.41, 5.74) is 3.15. The van der Waals surface area contributed by atoms with Crippen molar-refractivity contribution < 1.29 is 4.79 Å². The molecule has 2 unspecified atom stereocenters. The highest BCUT2D eigenvalue weighted by molar-refractivity contribution is 6.30. The minimum atomic E-state index is -0.0681. The summed E-state index contributed by atoms with van der Waals surface area (Å²) in [6, 6.07) is 19.9. The van der Waals surface area contributed by atoms with Crippen LogP contribution in [0.25, 0.3) is 11.0 Å². The molecule has 0 spiro atoms. The Balaban J connectivity index is 1.43. The molecule has 0 saturated carbocycles. The van der Waals surface area contributed by atoms with E-state index in [1.165, 1.54) is 0 Å². The number of amides is 1. The number of halogens is 1. The Morgan fingerprint density at radius 2 is 1.84 bits per heavy atom. The topological polar surface area (TPSA) is 43.1 Å². The van der Waals surface area contributed by atoms with Crippen LogP contribution in [0.5, 0.6) is 0 Å². The number of carbonyl (C=O) groups excluding carboxylic acids is 1. The zero-order valence-corrected chi connectivity index (χ0v) is 18.2. The van der Waals surface area contributed by atoms with Gasteiger partial charge in [-0.15, -0.1) is 0 Å². The van der Waals surface area contributed by atoms with Gasteiger partial charge in [0.05, 0.1) is 29.5 Å². The molecule has 2 atom stereocenters. The van der Waals surface area contributed by atoms with E-state index in [0.717, 1.165) is 41.8 Å². The largest absolute Gasteiger partial charge is 0.346 e. The van der Waals surface area contributed by atoms with Crippen LogP contribution in [0.15, 0.2) is 73.1 Å². The van der Waals surface area contributed by atoms with Crippen molar-refractivity contribution in [3.63, 3.8) is 0 Å². The lowest BCUT2D eigenvalue weighted by atomic mass is 10.0. The molecule has 1 aliphatic heterocycles. The predicted molar refractivity (Wildman–Crippen MR) is 123 cm³/mol. The molecule has 0 aliphatic carbocycles. The predicted octanol–water partition coefficient (Wildman–Crippen LogP) is 5.37. The number of imidazole rings is 1. The van der Waals surface area contributed by atoms with Gasteiger partial charge in [0.2, 0.25) is 5.91 Å².